The highest BCUT2D eigenvalue weighted by atomic mass is 16.2. The van der Waals surface area contributed by atoms with Crippen LogP contribution in [0.3, 0.4) is 0 Å². The predicted molar refractivity (Wildman–Crippen MR) is 113 cm³/mol. The van der Waals surface area contributed by atoms with E-state index in [2.05, 4.69) is 20.6 Å². The average molecular weight is 388 g/mol. The number of para-hydroxylation sites is 1. The number of hydrogen-bond acceptors (Lipinski definition) is 6. The molecule has 2 heterocycles. The van der Waals surface area contributed by atoms with E-state index in [-0.39, 0.29) is 18.4 Å². The summed E-state index contributed by atoms with van der Waals surface area (Å²) < 4.78 is 0. The number of nitrogens with zero attached hydrogens (tertiary/aromatic N) is 4. The topological polar surface area (TPSA) is 90.5 Å². The Hall–Kier alpha value is -3.94. The van der Waals surface area contributed by atoms with Crippen LogP contribution in [0, 0.1) is 0 Å². The second kappa shape index (κ2) is 7.59. The minimum absolute atomic E-state index is 0.0285. The van der Waals surface area contributed by atoms with Gasteiger partial charge in [-0.1, -0.05) is 18.2 Å². The van der Waals surface area contributed by atoms with Crippen molar-refractivity contribution in [1.29, 1.82) is 0 Å². The first-order valence-electron chi connectivity index (χ1n) is 9.12. The zero-order chi connectivity index (χ0) is 20.4. The lowest BCUT2D eigenvalue weighted by Crippen LogP contribution is -2.42. The first-order chi connectivity index (χ1) is 14.0. The highest BCUT2D eigenvalue weighted by Crippen LogP contribution is 2.36. The van der Waals surface area contributed by atoms with Crippen LogP contribution in [0.25, 0.3) is 0 Å². The molecule has 1 aromatic heterocycles. The van der Waals surface area contributed by atoms with Crippen molar-refractivity contribution in [2.75, 3.05) is 34.0 Å². The van der Waals surface area contributed by atoms with Gasteiger partial charge in [-0.15, -0.1) is 0 Å². The first kappa shape index (κ1) is 18.4. The molecular weight excluding hydrogens is 368 g/mol. The first-order valence-corrected chi connectivity index (χ1v) is 9.12. The molecule has 8 heteroatoms. The normalized spacial score (nSPS) is 13.1. The van der Waals surface area contributed by atoms with Gasteiger partial charge in [0.05, 0.1) is 6.20 Å². The summed E-state index contributed by atoms with van der Waals surface area (Å²) in [5.41, 5.74) is 3.03. The summed E-state index contributed by atoms with van der Waals surface area (Å²) in [6, 6.07) is 16.9. The minimum Gasteiger partial charge on any atom is -0.326 e. The van der Waals surface area contributed by atoms with Crippen LogP contribution < -0.4 is 20.4 Å². The molecule has 3 aromatic rings. The largest absolute Gasteiger partial charge is 0.326 e. The van der Waals surface area contributed by atoms with E-state index in [4.69, 9.17) is 0 Å². The fourth-order valence-electron chi connectivity index (χ4n) is 3.10. The molecule has 0 saturated heterocycles. The van der Waals surface area contributed by atoms with Crippen LogP contribution in [0.2, 0.25) is 0 Å². The van der Waals surface area contributed by atoms with Crippen molar-refractivity contribution in [3.8, 4) is 0 Å². The van der Waals surface area contributed by atoms with Crippen LogP contribution in [0.15, 0.2) is 60.8 Å². The monoisotopic (exact) mass is 388 g/mol. The number of aromatic nitrogens is 2. The highest BCUT2D eigenvalue weighted by molar-refractivity contribution is 6.03. The maximum Gasteiger partial charge on any atom is 0.246 e. The van der Waals surface area contributed by atoms with Gasteiger partial charge in [-0.2, -0.15) is 4.98 Å². The van der Waals surface area contributed by atoms with Crippen molar-refractivity contribution in [1.82, 2.24) is 9.97 Å². The number of fused-ring (bicyclic) bond motifs is 1. The molecule has 8 nitrogen and oxygen atoms in total. The molecule has 2 amide bonds. The maximum atomic E-state index is 12.4. The van der Waals surface area contributed by atoms with Gasteiger partial charge >= 0.3 is 0 Å². The second-order valence-corrected chi connectivity index (χ2v) is 6.66. The van der Waals surface area contributed by atoms with Crippen molar-refractivity contribution in [3.05, 3.63) is 60.8 Å². The summed E-state index contributed by atoms with van der Waals surface area (Å²) in [7, 11) is 1.72. The van der Waals surface area contributed by atoms with Crippen LogP contribution in [-0.2, 0) is 9.59 Å². The standard InChI is InChI=1S/C21H20N6O2/c1-14(28)23-15-8-10-16(11-9-15)24-21-22-12-18-20(25-21)27(13-19(29)26(18)2)17-6-4-3-5-7-17/h3-12H,13H2,1-2H3,(H,23,28)(H,22,24,25). The van der Waals surface area contributed by atoms with Crippen molar-refractivity contribution < 1.29 is 9.59 Å². The van der Waals surface area contributed by atoms with E-state index >= 15 is 0 Å². The Bertz CT molecular complexity index is 1050. The Labute approximate surface area is 168 Å². The van der Waals surface area contributed by atoms with Gasteiger partial charge in [0, 0.05) is 31.0 Å². The van der Waals surface area contributed by atoms with Crippen LogP contribution in [-0.4, -0.2) is 35.4 Å². The molecule has 2 N–H and O–H groups in total. The predicted octanol–water partition coefficient (Wildman–Crippen LogP) is 3.29. The van der Waals surface area contributed by atoms with Crippen LogP contribution >= 0.6 is 0 Å². The van der Waals surface area contributed by atoms with Gasteiger partial charge in [0.1, 0.15) is 12.2 Å². The SMILES string of the molecule is CC(=O)Nc1ccc(Nc2ncc3c(n2)N(c2ccccc2)CC(=O)N3C)cc1. The molecule has 0 unspecified atom stereocenters. The van der Waals surface area contributed by atoms with E-state index in [0.717, 1.165) is 11.4 Å². The lowest BCUT2D eigenvalue weighted by atomic mass is 10.2. The number of amides is 2. The third-order valence-corrected chi connectivity index (χ3v) is 4.56. The van der Waals surface area contributed by atoms with E-state index in [0.29, 0.717) is 23.1 Å². The van der Waals surface area contributed by atoms with Crippen molar-refractivity contribution in [3.63, 3.8) is 0 Å². The quantitative estimate of drug-likeness (QED) is 0.713. The summed E-state index contributed by atoms with van der Waals surface area (Å²) in [6.07, 6.45) is 1.64. The third-order valence-electron chi connectivity index (χ3n) is 4.56. The molecule has 0 saturated carbocycles. The molecule has 0 atom stereocenters. The molecule has 0 radical (unpaired) electrons. The number of benzene rings is 2. The second-order valence-electron chi connectivity index (χ2n) is 6.66. The molecular formula is C21H20N6O2. The van der Waals surface area contributed by atoms with E-state index < -0.39 is 0 Å². The zero-order valence-corrected chi connectivity index (χ0v) is 16.1. The molecule has 0 aliphatic carbocycles. The Morgan fingerprint density at radius 3 is 2.41 bits per heavy atom. The Morgan fingerprint density at radius 1 is 1.03 bits per heavy atom. The zero-order valence-electron chi connectivity index (χ0n) is 16.1. The smallest absolute Gasteiger partial charge is 0.246 e. The lowest BCUT2D eigenvalue weighted by molar-refractivity contribution is -0.117. The van der Waals surface area contributed by atoms with Gasteiger partial charge < -0.3 is 20.4 Å². The van der Waals surface area contributed by atoms with E-state index in [1.54, 1.807) is 30.3 Å². The summed E-state index contributed by atoms with van der Waals surface area (Å²) in [5, 5.41) is 5.90. The van der Waals surface area contributed by atoms with E-state index in [1.165, 1.54) is 6.92 Å². The number of nitrogens with one attached hydrogen (secondary N) is 2. The summed E-state index contributed by atoms with van der Waals surface area (Å²) in [6.45, 7) is 1.67. The van der Waals surface area contributed by atoms with Gasteiger partial charge in [0.2, 0.25) is 17.8 Å². The molecule has 1 aliphatic rings. The van der Waals surface area contributed by atoms with Crippen LogP contribution in [0.5, 0.6) is 0 Å². The Morgan fingerprint density at radius 2 is 1.72 bits per heavy atom. The fourth-order valence-corrected chi connectivity index (χ4v) is 3.10. The Kier molecular flexibility index (Phi) is 4.82. The summed E-state index contributed by atoms with van der Waals surface area (Å²) >= 11 is 0. The lowest BCUT2D eigenvalue weighted by Gasteiger charge is -2.34. The number of hydrogen-bond donors (Lipinski definition) is 2. The van der Waals surface area contributed by atoms with Gasteiger partial charge in [-0.3, -0.25) is 9.59 Å². The summed E-state index contributed by atoms with van der Waals surface area (Å²) in [5.74, 6) is 0.924. The highest BCUT2D eigenvalue weighted by Gasteiger charge is 2.29. The van der Waals surface area contributed by atoms with Crippen molar-refractivity contribution in [2.45, 2.75) is 6.92 Å². The molecule has 29 heavy (non-hydrogen) atoms. The molecule has 0 spiro atoms. The van der Waals surface area contributed by atoms with Crippen molar-refractivity contribution >= 4 is 46.3 Å². The molecule has 0 bridgehead atoms. The van der Waals surface area contributed by atoms with Gasteiger partial charge in [-0.25, -0.2) is 4.98 Å². The third kappa shape index (κ3) is 3.86. The number of carbonyl (C=O) groups excluding carboxylic acids is 2. The number of rotatable bonds is 4. The summed E-state index contributed by atoms with van der Waals surface area (Å²) in [4.78, 5) is 36.0. The van der Waals surface area contributed by atoms with E-state index in [9.17, 15) is 9.59 Å². The maximum absolute atomic E-state index is 12.4. The van der Waals surface area contributed by atoms with Gasteiger partial charge in [0.15, 0.2) is 5.82 Å². The van der Waals surface area contributed by atoms with Gasteiger partial charge in [-0.05, 0) is 36.4 Å². The molecule has 2 aromatic carbocycles. The molecule has 4 rings (SSSR count). The Balaban J connectivity index is 1.64. The number of likely N-dealkylation sites (N-methyl/N-ethyl adjacent to an activating group) is 1. The van der Waals surface area contributed by atoms with Crippen LogP contribution in [0.4, 0.5) is 34.5 Å². The number of carbonyl (C=O) groups is 2. The molecule has 1 aliphatic heterocycles. The molecule has 146 valence electrons. The molecule has 0 fully saturated rings. The minimum atomic E-state index is -0.122. The van der Waals surface area contributed by atoms with Crippen molar-refractivity contribution in [2.24, 2.45) is 0 Å². The number of anilines is 6. The van der Waals surface area contributed by atoms with Gasteiger partial charge in [0.25, 0.3) is 0 Å². The van der Waals surface area contributed by atoms with E-state index in [1.807, 2.05) is 47.4 Å². The van der Waals surface area contributed by atoms with Crippen LogP contribution in [0.1, 0.15) is 6.92 Å². The average Bonchev–Trinajstić information content (AvgIpc) is 2.72. The fraction of sp³-hybridized carbons (Fsp3) is 0.143.